The maximum atomic E-state index is 5.64. The van der Waals surface area contributed by atoms with Crippen LogP contribution in [0, 0.1) is 0 Å². The average Bonchev–Trinajstić information content (AvgIpc) is 2.48. The molecule has 9 heteroatoms. The largest absolute Gasteiger partial charge is 0.369 e. The van der Waals surface area contributed by atoms with Gasteiger partial charge in [0, 0.05) is 0 Å². The van der Waals surface area contributed by atoms with E-state index in [1.54, 1.807) is 0 Å². The van der Waals surface area contributed by atoms with Crippen LogP contribution in [0.3, 0.4) is 0 Å². The minimum absolute atomic E-state index is 0.135. The number of rotatable bonds is 3. The summed E-state index contributed by atoms with van der Waals surface area (Å²) in [6, 6.07) is 0.135. The van der Waals surface area contributed by atoms with Crippen molar-refractivity contribution in [2.45, 2.75) is 30.5 Å². The first-order valence-electron chi connectivity index (χ1n) is 6.01. The predicted octanol–water partition coefficient (Wildman–Crippen LogP) is 0.789. The fraction of sp³-hybridized carbons (Fsp3) is 0.600. The lowest BCUT2D eigenvalue weighted by molar-refractivity contribution is 0.401. The lowest BCUT2D eigenvalue weighted by Crippen LogP contribution is -2.28. The number of thioether (sulfide) groups is 1. The normalized spacial score (nSPS) is 20.3. The van der Waals surface area contributed by atoms with E-state index < -0.39 is 0 Å². The summed E-state index contributed by atoms with van der Waals surface area (Å²) in [5.74, 6) is 0.686. The SMILES string of the molecule is CSc1nnc(C2CCCCN2)c(/N=C(\N)NS)n1. The molecule has 0 amide bonds. The molecule has 4 N–H and O–H groups in total. The van der Waals surface area contributed by atoms with Gasteiger partial charge in [-0.3, -0.25) is 0 Å². The van der Waals surface area contributed by atoms with Crippen LogP contribution in [0.25, 0.3) is 0 Å². The molecule has 2 heterocycles. The molecule has 2 rings (SSSR count). The second-order valence-electron chi connectivity index (χ2n) is 4.12. The summed E-state index contributed by atoms with van der Waals surface area (Å²) in [5.41, 5.74) is 6.38. The Hall–Kier alpha value is -1.06. The molecule has 0 radical (unpaired) electrons. The Kier molecular flexibility index (Phi) is 5.23. The molecule has 0 spiro atoms. The van der Waals surface area contributed by atoms with Crippen molar-refractivity contribution in [3.8, 4) is 0 Å². The number of nitrogens with one attached hydrogen (secondary N) is 2. The van der Waals surface area contributed by atoms with Gasteiger partial charge < -0.3 is 15.8 Å². The van der Waals surface area contributed by atoms with Gasteiger partial charge in [0.05, 0.1) is 6.04 Å². The van der Waals surface area contributed by atoms with Gasteiger partial charge in [0.2, 0.25) is 11.1 Å². The van der Waals surface area contributed by atoms with Crippen LogP contribution in [0.15, 0.2) is 10.1 Å². The van der Waals surface area contributed by atoms with Gasteiger partial charge in [0.15, 0.2) is 5.82 Å². The Morgan fingerprint density at radius 2 is 2.37 bits per heavy atom. The third kappa shape index (κ3) is 3.71. The van der Waals surface area contributed by atoms with Crippen LogP contribution < -0.4 is 15.8 Å². The van der Waals surface area contributed by atoms with E-state index in [-0.39, 0.29) is 12.0 Å². The third-order valence-electron chi connectivity index (χ3n) is 2.84. The zero-order valence-corrected chi connectivity index (χ0v) is 12.3. The molecule has 0 bridgehead atoms. The number of thiol groups is 1. The van der Waals surface area contributed by atoms with Crippen molar-refractivity contribution in [2.75, 3.05) is 12.8 Å². The maximum Gasteiger partial charge on any atom is 0.210 e. The van der Waals surface area contributed by atoms with Gasteiger partial charge in [-0.05, 0) is 25.6 Å². The first kappa shape index (κ1) is 14.4. The number of aromatic nitrogens is 3. The number of nitrogens with zero attached hydrogens (tertiary/aromatic N) is 4. The van der Waals surface area contributed by atoms with E-state index in [0.717, 1.165) is 25.1 Å². The van der Waals surface area contributed by atoms with Crippen molar-refractivity contribution in [3.05, 3.63) is 5.69 Å². The van der Waals surface area contributed by atoms with Gasteiger partial charge in [-0.25, -0.2) is 0 Å². The monoisotopic (exact) mass is 299 g/mol. The second-order valence-corrected chi connectivity index (χ2v) is 5.12. The van der Waals surface area contributed by atoms with E-state index in [9.17, 15) is 0 Å². The summed E-state index contributed by atoms with van der Waals surface area (Å²) in [6.45, 7) is 0.972. The highest BCUT2D eigenvalue weighted by Gasteiger charge is 2.21. The summed E-state index contributed by atoms with van der Waals surface area (Å²) >= 11 is 5.28. The van der Waals surface area contributed by atoms with Crippen molar-refractivity contribution >= 4 is 36.4 Å². The first-order chi connectivity index (χ1) is 9.24. The Morgan fingerprint density at radius 1 is 1.53 bits per heavy atom. The number of nitrogens with two attached hydrogens (primary N) is 1. The van der Waals surface area contributed by atoms with E-state index in [1.807, 2.05) is 6.26 Å². The molecule has 1 aromatic rings. The number of hydrogen-bond acceptors (Lipinski definition) is 7. The van der Waals surface area contributed by atoms with Crippen molar-refractivity contribution < 1.29 is 0 Å². The van der Waals surface area contributed by atoms with Crippen LogP contribution in [0.2, 0.25) is 0 Å². The molecule has 1 saturated heterocycles. The highest BCUT2D eigenvalue weighted by Crippen LogP contribution is 2.28. The zero-order chi connectivity index (χ0) is 13.7. The Labute approximate surface area is 121 Å². The topological polar surface area (TPSA) is 101 Å². The van der Waals surface area contributed by atoms with E-state index >= 15 is 0 Å². The van der Waals surface area contributed by atoms with Crippen LogP contribution in [0.4, 0.5) is 5.82 Å². The minimum Gasteiger partial charge on any atom is -0.369 e. The number of guanidine groups is 1. The van der Waals surface area contributed by atoms with Crippen molar-refractivity contribution in [1.29, 1.82) is 0 Å². The zero-order valence-electron chi connectivity index (χ0n) is 10.6. The minimum atomic E-state index is 0.135. The molecule has 19 heavy (non-hydrogen) atoms. The molecular formula is C10H17N7S2. The smallest absolute Gasteiger partial charge is 0.210 e. The van der Waals surface area contributed by atoms with Crippen molar-refractivity contribution in [3.63, 3.8) is 0 Å². The molecule has 1 unspecified atom stereocenters. The Balaban J connectivity index is 2.35. The lowest BCUT2D eigenvalue weighted by Gasteiger charge is -2.23. The Morgan fingerprint density at radius 3 is 3.00 bits per heavy atom. The highest BCUT2D eigenvalue weighted by atomic mass is 32.2. The summed E-state index contributed by atoms with van der Waals surface area (Å²) in [5, 5.41) is 12.3. The molecule has 1 aromatic heterocycles. The van der Waals surface area contributed by atoms with Gasteiger partial charge in [-0.15, -0.1) is 10.2 Å². The van der Waals surface area contributed by atoms with E-state index in [2.05, 4.69) is 43.0 Å². The molecule has 0 aromatic carbocycles. The fourth-order valence-electron chi connectivity index (χ4n) is 1.93. The molecular weight excluding hydrogens is 282 g/mol. The summed E-state index contributed by atoms with van der Waals surface area (Å²) in [6.07, 6.45) is 5.24. The van der Waals surface area contributed by atoms with Gasteiger partial charge in [-0.2, -0.15) is 9.98 Å². The molecule has 7 nitrogen and oxygen atoms in total. The molecule has 0 aliphatic carbocycles. The molecule has 1 aliphatic heterocycles. The van der Waals surface area contributed by atoms with Crippen LogP contribution >= 0.6 is 24.6 Å². The summed E-state index contributed by atoms with van der Waals surface area (Å²) in [7, 11) is 0. The predicted molar refractivity (Wildman–Crippen MR) is 79.6 cm³/mol. The molecule has 1 atom stereocenters. The number of piperidine rings is 1. The quantitative estimate of drug-likeness (QED) is 0.283. The summed E-state index contributed by atoms with van der Waals surface area (Å²) in [4.78, 5) is 8.56. The van der Waals surface area contributed by atoms with E-state index in [1.165, 1.54) is 18.2 Å². The lowest BCUT2D eigenvalue weighted by atomic mass is 10.0. The van der Waals surface area contributed by atoms with Gasteiger partial charge >= 0.3 is 0 Å². The summed E-state index contributed by atoms with van der Waals surface area (Å²) < 4.78 is 2.49. The fourth-order valence-corrected chi connectivity index (χ4v) is 2.28. The van der Waals surface area contributed by atoms with Gasteiger partial charge in [-0.1, -0.05) is 31.0 Å². The standard InChI is InChI=1S/C10H17N7S2/c1-19-10-14-8(13-9(11)17-18)7(15-16-10)6-4-2-3-5-12-6/h6,12,18H,2-5H2,1H3,(H3,11,13,14,16,17). The highest BCUT2D eigenvalue weighted by molar-refractivity contribution is 7.98. The van der Waals surface area contributed by atoms with Crippen LogP contribution in [-0.2, 0) is 0 Å². The van der Waals surface area contributed by atoms with Gasteiger partial charge in [0.25, 0.3) is 0 Å². The van der Waals surface area contributed by atoms with Crippen molar-refractivity contribution in [1.82, 2.24) is 25.2 Å². The first-order valence-corrected chi connectivity index (χ1v) is 7.68. The van der Waals surface area contributed by atoms with Crippen LogP contribution in [0.5, 0.6) is 0 Å². The van der Waals surface area contributed by atoms with Crippen molar-refractivity contribution in [2.24, 2.45) is 10.7 Å². The number of aliphatic imine (C=N–C) groups is 1. The van der Waals surface area contributed by atoms with Crippen LogP contribution in [0.1, 0.15) is 31.0 Å². The average molecular weight is 299 g/mol. The molecule has 1 aliphatic rings. The van der Waals surface area contributed by atoms with Crippen LogP contribution in [-0.4, -0.2) is 33.9 Å². The number of hydrogen-bond donors (Lipinski definition) is 4. The third-order valence-corrected chi connectivity index (χ3v) is 3.60. The van der Waals surface area contributed by atoms with Gasteiger partial charge in [0.1, 0.15) is 5.69 Å². The second kappa shape index (κ2) is 6.92. The molecule has 104 valence electrons. The Bertz CT molecular complexity index is 459. The molecule has 0 saturated carbocycles. The maximum absolute atomic E-state index is 5.64. The van der Waals surface area contributed by atoms with E-state index in [4.69, 9.17) is 5.73 Å². The molecule has 1 fully saturated rings. The van der Waals surface area contributed by atoms with E-state index in [0.29, 0.717) is 11.0 Å².